The number of nitrogens with one attached hydrogen (secondary N) is 2. The Balaban J connectivity index is 2.03. The Bertz CT molecular complexity index is 529. The second-order valence-corrected chi connectivity index (χ2v) is 3.95. The third-order valence-electron chi connectivity index (χ3n) is 2.66. The second kappa shape index (κ2) is 6.24. The molecule has 0 unspecified atom stereocenters. The molecule has 0 aromatic heterocycles. The Morgan fingerprint density at radius 3 is 2.37 bits per heavy atom. The van der Waals surface area contributed by atoms with Crippen molar-refractivity contribution in [2.24, 2.45) is 0 Å². The first kappa shape index (κ1) is 13.4. The number of benzene rings is 2. The molecule has 0 atom stereocenters. The highest BCUT2D eigenvalue weighted by molar-refractivity contribution is 5.41. The predicted molar refractivity (Wildman–Crippen MR) is 68.3 cm³/mol. The van der Waals surface area contributed by atoms with Gasteiger partial charge < -0.3 is 5.43 Å². The fraction of sp³-hybridized carbons (Fsp3) is 0.143. The van der Waals surface area contributed by atoms with E-state index in [4.69, 9.17) is 0 Å². The van der Waals surface area contributed by atoms with E-state index in [0.29, 0.717) is 0 Å². The summed E-state index contributed by atoms with van der Waals surface area (Å²) in [5.74, 6) is -0.639. The molecular weight excluding hydrogens is 253 g/mol. The van der Waals surface area contributed by atoms with Crippen molar-refractivity contribution in [2.75, 3.05) is 5.43 Å². The number of hydrazine groups is 1. The number of hydrogen-bond acceptors (Lipinski definition) is 2. The molecular formula is C14H13F3N2. The van der Waals surface area contributed by atoms with E-state index in [9.17, 15) is 13.2 Å². The number of hydrogen-bond donors (Lipinski definition) is 2. The SMILES string of the molecule is Fc1cccc(C(F)F)c1CNNc1ccccc1. The van der Waals surface area contributed by atoms with E-state index < -0.39 is 12.2 Å². The van der Waals surface area contributed by atoms with Gasteiger partial charge in [0.2, 0.25) is 0 Å². The molecule has 0 aliphatic heterocycles. The van der Waals surface area contributed by atoms with Gasteiger partial charge in [0.05, 0.1) is 0 Å². The van der Waals surface area contributed by atoms with E-state index in [2.05, 4.69) is 10.9 Å². The third kappa shape index (κ3) is 3.48. The van der Waals surface area contributed by atoms with Gasteiger partial charge in [-0.25, -0.2) is 18.6 Å². The van der Waals surface area contributed by atoms with Crippen molar-refractivity contribution in [3.8, 4) is 0 Å². The van der Waals surface area contributed by atoms with Crippen LogP contribution < -0.4 is 10.9 Å². The van der Waals surface area contributed by atoms with Crippen molar-refractivity contribution < 1.29 is 13.2 Å². The molecule has 0 heterocycles. The normalized spacial score (nSPS) is 10.7. The van der Waals surface area contributed by atoms with Gasteiger partial charge in [0.25, 0.3) is 6.43 Å². The minimum absolute atomic E-state index is 0.0265. The lowest BCUT2D eigenvalue weighted by atomic mass is 10.1. The van der Waals surface area contributed by atoms with E-state index in [-0.39, 0.29) is 17.7 Å². The highest BCUT2D eigenvalue weighted by Gasteiger charge is 2.15. The highest BCUT2D eigenvalue weighted by Crippen LogP contribution is 2.24. The molecule has 5 heteroatoms. The summed E-state index contributed by atoms with van der Waals surface area (Å²) in [6, 6.07) is 12.8. The Kier molecular flexibility index (Phi) is 4.41. The molecule has 0 bridgehead atoms. The molecule has 2 rings (SSSR count). The smallest absolute Gasteiger partial charge is 0.264 e. The fourth-order valence-corrected chi connectivity index (χ4v) is 1.72. The summed E-state index contributed by atoms with van der Waals surface area (Å²) in [5.41, 5.74) is 6.01. The van der Waals surface area contributed by atoms with Crippen LogP contribution in [0.25, 0.3) is 0 Å². The molecule has 19 heavy (non-hydrogen) atoms. The number of alkyl halides is 2. The van der Waals surface area contributed by atoms with Crippen molar-refractivity contribution in [3.05, 3.63) is 65.5 Å². The van der Waals surface area contributed by atoms with Crippen molar-refractivity contribution >= 4 is 5.69 Å². The van der Waals surface area contributed by atoms with Crippen LogP contribution in [0.1, 0.15) is 17.6 Å². The van der Waals surface area contributed by atoms with Crippen LogP contribution in [0, 0.1) is 5.82 Å². The lowest BCUT2D eigenvalue weighted by molar-refractivity contribution is 0.149. The van der Waals surface area contributed by atoms with E-state index in [0.717, 1.165) is 5.69 Å². The maximum atomic E-state index is 13.5. The van der Waals surface area contributed by atoms with Gasteiger partial charge in [-0.05, 0) is 18.2 Å². The van der Waals surface area contributed by atoms with Crippen molar-refractivity contribution in [1.82, 2.24) is 5.43 Å². The second-order valence-electron chi connectivity index (χ2n) is 3.95. The molecule has 0 radical (unpaired) electrons. The topological polar surface area (TPSA) is 24.1 Å². The Labute approximate surface area is 109 Å². The molecule has 100 valence electrons. The van der Waals surface area contributed by atoms with Gasteiger partial charge in [0, 0.05) is 23.4 Å². The first-order valence-corrected chi connectivity index (χ1v) is 5.78. The number of anilines is 1. The number of rotatable bonds is 5. The summed E-state index contributed by atoms with van der Waals surface area (Å²) in [6.07, 6.45) is -2.69. The molecule has 2 aromatic rings. The zero-order valence-electron chi connectivity index (χ0n) is 10.0. The number of para-hydroxylation sites is 1. The molecule has 0 spiro atoms. The highest BCUT2D eigenvalue weighted by atomic mass is 19.3. The van der Waals surface area contributed by atoms with Crippen LogP contribution in [0.4, 0.5) is 18.9 Å². The van der Waals surface area contributed by atoms with E-state index >= 15 is 0 Å². The molecule has 0 saturated heterocycles. The van der Waals surface area contributed by atoms with Gasteiger partial charge in [-0.15, -0.1) is 0 Å². The number of halogens is 3. The molecule has 0 saturated carbocycles. The van der Waals surface area contributed by atoms with Gasteiger partial charge in [-0.3, -0.25) is 0 Å². The average molecular weight is 266 g/mol. The zero-order chi connectivity index (χ0) is 13.7. The first-order valence-electron chi connectivity index (χ1n) is 5.78. The lowest BCUT2D eigenvalue weighted by Crippen LogP contribution is -2.22. The van der Waals surface area contributed by atoms with Crippen LogP contribution in [-0.4, -0.2) is 0 Å². The maximum absolute atomic E-state index is 13.5. The van der Waals surface area contributed by atoms with Crippen LogP contribution in [-0.2, 0) is 6.54 Å². The molecule has 0 fully saturated rings. The summed E-state index contributed by atoms with van der Waals surface area (Å²) in [5, 5.41) is 0. The van der Waals surface area contributed by atoms with E-state index in [1.54, 1.807) is 0 Å². The average Bonchev–Trinajstić information content (AvgIpc) is 2.41. The largest absolute Gasteiger partial charge is 0.321 e. The van der Waals surface area contributed by atoms with Crippen LogP contribution in [0.3, 0.4) is 0 Å². The standard InChI is InChI=1S/C14H13F3N2/c15-13-8-4-7-11(14(16)17)12(13)9-18-19-10-5-2-1-3-6-10/h1-8,14,18-19H,9H2. The lowest BCUT2D eigenvalue weighted by Gasteiger charge is -2.12. The van der Waals surface area contributed by atoms with Gasteiger partial charge in [0.1, 0.15) is 5.82 Å². The van der Waals surface area contributed by atoms with Crippen molar-refractivity contribution in [1.29, 1.82) is 0 Å². The Morgan fingerprint density at radius 2 is 1.68 bits per heavy atom. The molecule has 2 aromatic carbocycles. The Morgan fingerprint density at radius 1 is 0.947 bits per heavy atom. The van der Waals surface area contributed by atoms with Crippen LogP contribution in [0.5, 0.6) is 0 Å². The molecule has 2 N–H and O–H groups in total. The fourth-order valence-electron chi connectivity index (χ4n) is 1.72. The van der Waals surface area contributed by atoms with Crippen molar-refractivity contribution in [3.63, 3.8) is 0 Å². The summed E-state index contributed by atoms with van der Waals surface area (Å²) in [4.78, 5) is 0. The summed E-state index contributed by atoms with van der Waals surface area (Å²) >= 11 is 0. The van der Waals surface area contributed by atoms with Gasteiger partial charge in [-0.2, -0.15) is 0 Å². The minimum Gasteiger partial charge on any atom is -0.321 e. The van der Waals surface area contributed by atoms with E-state index in [1.165, 1.54) is 18.2 Å². The van der Waals surface area contributed by atoms with Crippen LogP contribution >= 0.6 is 0 Å². The monoisotopic (exact) mass is 266 g/mol. The molecule has 0 aliphatic rings. The Hall–Kier alpha value is -2.01. The summed E-state index contributed by atoms with van der Waals surface area (Å²) < 4.78 is 39.0. The predicted octanol–water partition coefficient (Wildman–Crippen LogP) is 3.88. The zero-order valence-corrected chi connectivity index (χ0v) is 10.0. The summed E-state index contributed by atoms with van der Waals surface area (Å²) in [6.45, 7) is -0.0265. The van der Waals surface area contributed by atoms with Gasteiger partial charge in [-0.1, -0.05) is 30.3 Å². The van der Waals surface area contributed by atoms with Crippen LogP contribution in [0.15, 0.2) is 48.5 Å². The molecule has 0 aliphatic carbocycles. The van der Waals surface area contributed by atoms with Gasteiger partial charge in [0.15, 0.2) is 0 Å². The first-order chi connectivity index (χ1) is 9.18. The third-order valence-corrected chi connectivity index (χ3v) is 2.66. The van der Waals surface area contributed by atoms with E-state index in [1.807, 2.05) is 30.3 Å². The maximum Gasteiger partial charge on any atom is 0.264 e. The quantitative estimate of drug-likeness (QED) is 0.802. The van der Waals surface area contributed by atoms with Crippen LogP contribution in [0.2, 0.25) is 0 Å². The van der Waals surface area contributed by atoms with Gasteiger partial charge >= 0.3 is 0 Å². The van der Waals surface area contributed by atoms with Crippen molar-refractivity contribution in [2.45, 2.75) is 13.0 Å². The summed E-state index contributed by atoms with van der Waals surface area (Å²) in [7, 11) is 0. The molecule has 2 nitrogen and oxygen atoms in total. The minimum atomic E-state index is -2.69. The molecule has 0 amide bonds.